The lowest BCUT2D eigenvalue weighted by Gasteiger charge is -2.22. The lowest BCUT2D eigenvalue weighted by molar-refractivity contribution is 0.0766. The molecule has 2 heterocycles. The van der Waals surface area contributed by atoms with Crippen LogP contribution >= 0.6 is 12.4 Å². The topological polar surface area (TPSA) is 73.4 Å². The molecule has 2 aromatic rings. The van der Waals surface area contributed by atoms with Gasteiger partial charge in [0.05, 0.1) is 18.5 Å². The summed E-state index contributed by atoms with van der Waals surface area (Å²) in [6.07, 6.45) is 2.68. The van der Waals surface area contributed by atoms with E-state index in [4.69, 9.17) is 10.5 Å². The first-order valence-corrected chi connectivity index (χ1v) is 8.33. The molecule has 1 aromatic carbocycles. The summed E-state index contributed by atoms with van der Waals surface area (Å²) in [6, 6.07) is 9.70. The number of nitrogens with zero attached hydrogens (tertiary/aromatic N) is 3. The molecule has 1 saturated heterocycles. The predicted molar refractivity (Wildman–Crippen MR) is 99.7 cm³/mol. The summed E-state index contributed by atoms with van der Waals surface area (Å²) in [5.41, 5.74) is 7.09. The number of benzene rings is 1. The predicted octanol–water partition coefficient (Wildman–Crippen LogP) is 2.50. The molecule has 1 fully saturated rings. The largest absolute Gasteiger partial charge is 0.490 e. The number of ether oxygens (including phenoxy) is 1. The Morgan fingerprint density at radius 2 is 2.08 bits per heavy atom. The van der Waals surface area contributed by atoms with Gasteiger partial charge in [0.25, 0.3) is 5.91 Å². The number of para-hydroxylation sites is 1. The molecule has 7 heteroatoms. The van der Waals surface area contributed by atoms with E-state index in [-0.39, 0.29) is 23.7 Å². The maximum atomic E-state index is 12.9. The number of carbonyl (C=O) groups excluding carboxylic acids is 1. The van der Waals surface area contributed by atoms with Crippen molar-refractivity contribution in [3.8, 4) is 11.4 Å². The average molecular weight is 365 g/mol. The normalized spacial score (nSPS) is 19.6. The number of rotatable bonds is 5. The van der Waals surface area contributed by atoms with E-state index in [2.05, 4.69) is 12.0 Å². The van der Waals surface area contributed by atoms with Crippen molar-refractivity contribution in [1.29, 1.82) is 0 Å². The van der Waals surface area contributed by atoms with Crippen LogP contribution in [-0.2, 0) is 0 Å². The van der Waals surface area contributed by atoms with E-state index >= 15 is 0 Å². The van der Waals surface area contributed by atoms with Gasteiger partial charge in [0.15, 0.2) is 11.4 Å². The first-order valence-electron chi connectivity index (χ1n) is 8.33. The number of hydrogen-bond donors (Lipinski definition) is 1. The molecule has 0 bridgehead atoms. The van der Waals surface area contributed by atoms with Crippen molar-refractivity contribution < 1.29 is 9.53 Å². The highest BCUT2D eigenvalue weighted by Crippen LogP contribution is 2.31. The van der Waals surface area contributed by atoms with Gasteiger partial charge in [0.2, 0.25) is 0 Å². The van der Waals surface area contributed by atoms with E-state index in [9.17, 15) is 4.79 Å². The molecule has 1 unspecified atom stereocenters. The van der Waals surface area contributed by atoms with Crippen LogP contribution in [0.3, 0.4) is 0 Å². The molecule has 1 amide bonds. The summed E-state index contributed by atoms with van der Waals surface area (Å²) < 4.78 is 7.33. The molecule has 0 radical (unpaired) electrons. The zero-order chi connectivity index (χ0) is 17.2. The van der Waals surface area contributed by atoms with Crippen LogP contribution in [0.4, 0.5) is 0 Å². The van der Waals surface area contributed by atoms with Crippen molar-refractivity contribution in [3.63, 3.8) is 0 Å². The van der Waals surface area contributed by atoms with Crippen LogP contribution < -0.4 is 10.5 Å². The van der Waals surface area contributed by atoms with Gasteiger partial charge in [-0.1, -0.05) is 25.1 Å². The molecule has 1 aliphatic heterocycles. The third-order valence-electron chi connectivity index (χ3n) is 4.54. The Labute approximate surface area is 154 Å². The Morgan fingerprint density at radius 3 is 2.68 bits per heavy atom. The van der Waals surface area contributed by atoms with Crippen molar-refractivity contribution >= 4 is 18.3 Å². The zero-order valence-corrected chi connectivity index (χ0v) is 15.5. The number of amides is 1. The van der Waals surface area contributed by atoms with E-state index in [1.807, 2.05) is 42.2 Å². The highest BCUT2D eigenvalue weighted by atomic mass is 35.5. The second-order valence-corrected chi connectivity index (χ2v) is 6.55. The quantitative estimate of drug-likeness (QED) is 0.884. The first kappa shape index (κ1) is 19.3. The van der Waals surface area contributed by atoms with Gasteiger partial charge >= 0.3 is 0 Å². The molecule has 0 spiro atoms. The van der Waals surface area contributed by atoms with Crippen LogP contribution in [0.25, 0.3) is 5.69 Å². The molecule has 0 aliphatic carbocycles. The number of halogens is 1. The molecular formula is C18H25ClN4O2. The lowest BCUT2D eigenvalue weighted by Crippen LogP contribution is -2.34. The van der Waals surface area contributed by atoms with E-state index in [1.54, 1.807) is 10.9 Å². The van der Waals surface area contributed by atoms with Crippen LogP contribution in [0.1, 0.15) is 30.8 Å². The molecule has 136 valence electrons. The maximum Gasteiger partial charge on any atom is 0.278 e. The molecule has 3 rings (SSSR count). The number of nitrogens with two attached hydrogens (primary N) is 1. The van der Waals surface area contributed by atoms with Crippen molar-refractivity contribution in [2.45, 2.75) is 20.3 Å². The van der Waals surface area contributed by atoms with Gasteiger partial charge in [-0.25, -0.2) is 4.68 Å². The van der Waals surface area contributed by atoms with Crippen molar-refractivity contribution in [2.24, 2.45) is 11.1 Å². The Bertz CT molecular complexity index is 719. The van der Waals surface area contributed by atoms with Crippen LogP contribution in [0, 0.1) is 5.41 Å². The minimum absolute atomic E-state index is 0. The maximum absolute atomic E-state index is 12.9. The summed E-state index contributed by atoms with van der Waals surface area (Å²) in [6.45, 7) is 6.44. The summed E-state index contributed by atoms with van der Waals surface area (Å²) in [5.74, 6) is 0.429. The van der Waals surface area contributed by atoms with E-state index < -0.39 is 0 Å². The van der Waals surface area contributed by atoms with E-state index in [0.29, 0.717) is 37.7 Å². The SMILES string of the molecule is CCOc1cn(-c2ccccc2)nc1C(=O)N1CCC(C)(CN)C1.Cl. The van der Waals surface area contributed by atoms with E-state index in [0.717, 1.165) is 12.1 Å². The van der Waals surface area contributed by atoms with Crippen LogP contribution in [-0.4, -0.2) is 46.8 Å². The molecular weight excluding hydrogens is 340 g/mol. The fraction of sp³-hybridized carbons (Fsp3) is 0.444. The van der Waals surface area contributed by atoms with Gasteiger partial charge in [-0.2, -0.15) is 5.10 Å². The fourth-order valence-electron chi connectivity index (χ4n) is 2.99. The summed E-state index contributed by atoms with van der Waals surface area (Å²) in [4.78, 5) is 14.7. The molecule has 25 heavy (non-hydrogen) atoms. The summed E-state index contributed by atoms with van der Waals surface area (Å²) in [5, 5.41) is 4.49. The average Bonchev–Trinajstić information content (AvgIpc) is 3.20. The van der Waals surface area contributed by atoms with Crippen molar-refractivity contribution in [2.75, 3.05) is 26.2 Å². The molecule has 6 nitrogen and oxygen atoms in total. The van der Waals surface area contributed by atoms with Gasteiger partial charge in [0.1, 0.15) is 0 Å². The van der Waals surface area contributed by atoms with Crippen molar-refractivity contribution in [1.82, 2.24) is 14.7 Å². The third kappa shape index (κ3) is 3.96. The van der Waals surface area contributed by atoms with Gasteiger partial charge in [-0.05, 0) is 37.4 Å². The Kier molecular flexibility index (Phi) is 6.08. The first-order chi connectivity index (χ1) is 11.6. The second kappa shape index (κ2) is 7.89. The Hall–Kier alpha value is -2.05. The van der Waals surface area contributed by atoms with Gasteiger partial charge < -0.3 is 15.4 Å². The smallest absolute Gasteiger partial charge is 0.278 e. The number of carbonyl (C=O) groups is 1. The van der Waals surface area contributed by atoms with Gasteiger partial charge in [0, 0.05) is 13.1 Å². The molecule has 1 aromatic heterocycles. The standard InChI is InChI=1S/C18H24N4O2.ClH/c1-3-24-15-11-22(14-7-5-4-6-8-14)20-16(15)17(23)21-10-9-18(2,12-19)13-21;/h4-8,11H,3,9-10,12-13,19H2,1-2H3;1H. The molecule has 1 atom stereocenters. The second-order valence-electron chi connectivity index (χ2n) is 6.55. The molecule has 1 aliphatic rings. The van der Waals surface area contributed by atoms with E-state index in [1.165, 1.54) is 0 Å². The highest BCUT2D eigenvalue weighted by Gasteiger charge is 2.37. The Balaban J connectivity index is 0.00000225. The van der Waals surface area contributed by atoms with Crippen molar-refractivity contribution in [3.05, 3.63) is 42.2 Å². The zero-order valence-electron chi connectivity index (χ0n) is 14.6. The van der Waals surface area contributed by atoms with Gasteiger partial charge in [-0.15, -0.1) is 12.4 Å². The summed E-state index contributed by atoms with van der Waals surface area (Å²) >= 11 is 0. The number of aromatic nitrogens is 2. The summed E-state index contributed by atoms with van der Waals surface area (Å²) in [7, 11) is 0. The fourth-order valence-corrected chi connectivity index (χ4v) is 2.99. The molecule has 2 N–H and O–H groups in total. The minimum Gasteiger partial charge on any atom is -0.490 e. The number of likely N-dealkylation sites (tertiary alicyclic amines) is 1. The van der Waals surface area contributed by atoms with Crippen LogP contribution in [0.5, 0.6) is 5.75 Å². The molecule has 0 saturated carbocycles. The van der Waals surface area contributed by atoms with Crippen LogP contribution in [0.2, 0.25) is 0 Å². The lowest BCUT2D eigenvalue weighted by atomic mass is 9.90. The monoisotopic (exact) mass is 364 g/mol. The Morgan fingerprint density at radius 1 is 1.36 bits per heavy atom. The number of hydrogen-bond acceptors (Lipinski definition) is 4. The third-order valence-corrected chi connectivity index (χ3v) is 4.54. The highest BCUT2D eigenvalue weighted by molar-refractivity contribution is 5.95. The van der Waals surface area contributed by atoms with Gasteiger partial charge in [-0.3, -0.25) is 4.79 Å². The van der Waals surface area contributed by atoms with Crippen LogP contribution in [0.15, 0.2) is 36.5 Å². The minimum atomic E-state index is -0.0923.